The number of imidazole rings is 1. The molecule has 0 spiro atoms. The Morgan fingerprint density at radius 1 is 1.40 bits per heavy atom. The number of aliphatic hydroxyl groups excluding tert-OH is 1. The average Bonchev–Trinajstić information content (AvgIpc) is 2.83. The molecule has 2 aromatic rings. The van der Waals surface area contributed by atoms with Crippen LogP contribution in [0.1, 0.15) is 25.3 Å². The molecule has 4 heteroatoms. The molecule has 0 aliphatic heterocycles. The fraction of sp³-hybridized carbons (Fsp3) is 0.455. The minimum atomic E-state index is -0.144. The van der Waals surface area contributed by atoms with E-state index in [4.69, 9.17) is 0 Å². The summed E-state index contributed by atoms with van der Waals surface area (Å²) in [5.74, 6) is 0. The van der Waals surface area contributed by atoms with E-state index in [9.17, 15) is 5.11 Å². The second-order valence-electron chi connectivity index (χ2n) is 4.14. The first-order chi connectivity index (χ1) is 7.34. The van der Waals surface area contributed by atoms with Gasteiger partial charge in [-0.25, -0.2) is 4.98 Å². The average molecular weight is 203 g/mol. The standard InChI is InChI=1S/C11H13N3O/c15-9-2-1-8(5-9)14-7-13-10-6-12-4-3-11(10)14/h3-4,6-9,15H,1-2,5H2. The summed E-state index contributed by atoms with van der Waals surface area (Å²) < 4.78 is 2.16. The summed E-state index contributed by atoms with van der Waals surface area (Å²) in [5, 5.41) is 9.52. The summed E-state index contributed by atoms with van der Waals surface area (Å²) in [6.45, 7) is 0. The zero-order chi connectivity index (χ0) is 10.3. The number of nitrogens with zero attached hydrogens (tertiary/aromatic N) is 3. The molecule has 15 heavy (non-hydrogen) atoms. The van der Waals surface area contributed by atoms with Gasteiger partial charge in [0.2, 0.25) is 0 Å². The molecule has 1 saturated carbocycles. The van der Waals surface area contributed by atoms with Gasteiger partial charge in [-0.05, 0) is 25.3 Å². The van der Waals surface area contributed by atoms with Crippen molar-refractivity contribution in [3.8, 4) is 0 Å². The molecule has 1 fully saturated rings. The third-order valence-electron chi connectivity index (χ3n) is 3.15. The van der Waals surface area contributed by atoms with Gasteiger partial charge in [-0.15, -0.1) is 0 Å². The van der Waals surface area contributed by atoms with E-state index >= 15 is 0 Å². The van der Waals surface area contributed by atoms with E-state index in [1.165, 1.54) is 0 Å². The number of pyridine rings is 1. The van der Waals surface area contributed by atoms with E-state index in [1.807, 2.05) is 12.4 Å². The van der Waals surface area contributed by atoms with Crippen molar-refractivity contribution in [2.24, 2.45) is 0 Å². The van der Waals surface area contributed by atoms with Crippen molar-refractivity contribution in [2.45, 2.75) is 31.4 Å². The van der Waals surface area contributed by atoms with Gasteiger partial charge < -0.3 is 9.67 Å². The molecule has 4 nitrogen and oxygen atoms in total. The van der Waals surface area contributed by atoms with Gasteiger partial charge in [-0.1, -0.05) is 0 Å². The van der Waals surface area contributed by atoms with Crippen LogP contribution in [0, 0.1) is 0 Å². The molecule has 78 valence electrons. The van der Waals surface area contributed by atoms with Gasteiger partial charge in [-0.2, -0.15) is 0 Å². The van der Waals surface area contributed by atoms with E-state index in [2.05, 4.69) is 14.5 Å². The predicted octanol–water partition coefficient (Wildman–Crippen LogP) is 1.52. The Labute approximate surface area is 87.6 Å². The molecule has 0 amide bonds. The van der Waals surface area contributed by atoms with E-state index in [0.29, 0.717) is 6.04 Å². The maximum Gasteiger partial charge on any atom is 0.107 e. The molecule has 0 radical (unpaired) electrons. The highest BCUT2D eigenvalue weighted by Crippen LogP contribution is 2.31. The number of aromatic nitrogens is 3. The fourth-order valence-electron chi connectivity index (χ4n) is 2.36. The molecule has 0 bridgehead atoms. The second kappa shape index (κ2) is 3.31. The Morgan fingerprint density at radius 2 is 2.33 bits per heavy atom. The number of hydrogen-bond donors (Lipinski definition) is 1. The molecule has 3 rings (SSSR count). The minimum Gasteiger partial charge on any atom is -0.393 e. The predicted molar refractivity (Wildman–Crippen MR) is 56.4 cm³/mol. The van der Waals surface area contributed by atoms with E-state index in [-0.39, 0.29) is 6.10 Å². The highest BCUT2D eigenvalue weighted by molar-refractivity contribution is 5.73. The zero-order valence-electron chi connectivity index (χ0n) is 8.37. The molecule has 2 aromatic heterocycles. The lowest BCUT2D eigenvalue weighted by atomic mass is 10.2. The van der Waals surface area contributed by atoms with Gasteiger partial charge >= 0.3 is 0 Å². The van der Waals surface area contributed by atoms with Gasteiger partial charge in [0.25, 0.3) is 0 Å². The van der Waals surface area contributed by atoms with Gasteiger partial charge in [0.15, 0.2) is 0 Å². The largest absolute Gasteiger partial charge is 0.393 e. The summed E-state index contributed by atoms with van der Waals surface area (Å²) in [6.07, 6.45) is 8.05. The van der Waals surface area contributed by atoms with Gasteiger partial charge in [0.1, 0.15) is 5.52 Å². The van der Waals surface area contributed by atoms with Crippen LogP contribution in [-0.4, -0.2) is 25.7 Å². The first-order valence-electron chi connectivity index (χ1n) is 5.29. The highest BCUT2D eigenvalue weighted by Gasteiger charge is 2.24. The monoisotopic (exact) mass is 203 g/mol. The van der Waals surface area contributed by atoms with Crippen LogP contribution in [0.15, 0.2) is 24.8 Å². The van der Waals surface area contributed by atoms with E-state index in [1.54, 1.807) is 12.4 Å². The summed E-state index contributed by atoms with van der Waals surface area (Å²) in [4.78, 5) is 8.35. The van der Waals surface area contributed by atoms with Crippen LogP contribution in [0.3, 0.4) is 0 Å². The lowest BCUT2D eigenvalue weighted by Crippen LogP contribution is -2.05. The lowest BCUT2D eigenvalue weighted by Gasteiger charge is -2.11. The molecule has 1 N–H and O–H groups in total. The lowest BCUT2D eigenvalue weighted by molar-refractivity contribution is 0.178. The van der Waals surface area contributed by atoms with Crippen molar-refractivity contribution in [1.29, 1.82) is 0 Å². The fourth-order valence-corrected chi connectivity index (χ4v) is 2.36. The molecule has 2 heterocycles. The van der Waals surface area contributed by atoms with Gasteiger partial charge in [0.05, 0.1) is 24.1 Å². The van der Waals surface area contributed by atoms with Crippen molar-refractivity contribution in [2.75, 3.05) is 0 Å². The zero-order valence-corrected chi connectivity index (χ0v) is 8.37. The maximum atomic E-state index is 9.52. The van der Waals surface area contributed by atoms with E-state index < -0.39 is 0 Å². The van der Waals surface area contributed by atoms with Gasteiger partial charge in [-0.3, -0.25) is 4.98 Å². The van der Waals surface area contributed by atoms with Crippen LogP contribution in [0.4, 0.5) is 0 Å². The number of fused-ring (bicyclic) bond motifs is 1. The van der Waals surface area contributed by atoms with Crippen molar-refractivity contribution in [1.82, 2.24) is 14.5 Å². The number of rotatable bonds is 1. The summed E-state index contributed by atoms with van der Waals surface area (Å²) in [6, 6.07) is 2.37. The molecule has 0 saturated heterocycles. The Hall–Kier alpha value is -1.42. The van der Waals surface area contributed by atoms with Crippen molar-refractivity contribution in [3.05, 3.63) is 24.8 Å². The first-order valence-corrected chi connectivity index (χ1v) is 5.29. The minimum absolute atomic E-state index is 0.144. The van der Waals surface area contributed by atoms with Crippen LogP contribution < -0.4 is 0 Å². The number of aliphatic hydroxyl groups is 1. The molecular formula is C11H13N3O. The van der Waals surface area contributed by atoms with Crippen LogP contribution >= 0.6 is 0 Å². The molecule has 2 atom stereocenters. The smallest absolute Gasteiger partial charge is 0.107 e. The quantitative estimate of drug-likeness (QED) is 0.764. The van der Waals surface area contributed by atoms with Crippen molar-refractivity contribution >= 4 is 11.0 Å². The summed E-state index contributed by atoms with van der Waals surface area (Å²) in [5.41, 5.74) is 2.04. The molecular weight excluding hydrogens is 190 g/mol. The number of hydrogen-bond acceptors (Lipinski definition) is 3. The van der Waals surface area contributed by atoms with E-state index in [0.717, 1.165) is 30.3 Å². The topological polar surface area (TPSA) is 50.9 Å². The molecule has 2 unspecified atom stereocenters. The highest BCUT2D eigenvalue weighted by atomic mass is 16.3. The Kier molecular flexibility index (Phi) is 1.95. The Bertz CT molecular complexity index is 479. The normalized spacial score (nSPS) is 26.2. The maximum absolute atomic E-state index is 9.52. The molecule has 1 aliphatic carbocycles. The summed E-state index contributed by atoms with van der Waals surface area (Å²) >= 11 is 0. The Balaban J connectivity index is 2.04. The van der Waals surface area contributed by atoms with Crippen LogP contribution in [-0.2, 0) is 0 Å². The summed E-state index contributed by atoms with van der Waals surface area (Å²) in [7, 11) is 0. The third-order valence-corrected chi connectivity index (χ3v) is 3.15. The Morgan fingerprint density at radius 3 is 3.13 bits per heavy atom. The SMILES string of the molecule is OC1CCC(n2cnc3cnccc32)C1. The molecule has 1 aliphatic rings. The van der Waals surface area contributed by atoms with Gasteiger partial charge in [0, 0.05) is 12.2 Å². The third kappa shape index (κ3) is 1.41. The van der Waals surface area contributed by atoms with Crippen LogP contribution in [0.2, 0.25) is 0 Å². The first kappa shape index (κ1) is 8.85. The second-order valence-corrected chi connectivity index (χ2v) is 4.14. The van der Waals surface area contributed by atoms with Crippen molar-refractivity contribution in [3.63, 3.8) is 0 Å². The molecule has 0 aromatic carbocycles. The van der Waals surface area contributed by atoms with Crippen LogP contribution in [0.25, 0.3) is 11.0 Å². The van der Waals surface area contributed by atoms with Crippen molar-refractivity contribution < 1.29 is 5.11 Å². The van der Waals surface area contributed by atoms with Crippen LogP contribution in [0.5, 0.6) is 0 Å².